The van der Waals surface area contributed by atoms with Crippen molar-refractivity contribution >= 4 is 23.3 Å². The second kappa shape index (κ2) is 7.64. The third kappa shape index (κ3) is 4.23. The number of nitrogens with zero attached hydrogens (tertiary/aromatic N) is 3. The van der Waals surface area contributed by atoms with Crippen LogP contribution in [-0.2, 0) is 4.79 Å². The molecule has 2 heterocycles. The average molecular weight is 328 g/mol. The van der Waals surface area contributed by atoms with Crippen molar-refractivity contribution in [2.24, 2.45) is 0 Å². The summed E-state index contributed by atoms with van der Waals surface area (Å²) in [6, 6.07) is 15.2. The fourth-order valence-electron chi connectivity index (χ4n) is 1.98. The summed E-state index contributed by atoms with van der Waals surface area (Å²) in [6.45, 7) is 0.906. The third-order valence-electron chi connectivity index (χ3n) is 3.05. The SMILES string of the molecule is O=C(CSc1nnc2ccccn12)NCCOc1ccccc1. The molecule has 0 spiro atoms. The van der Waals surface area contributed by atoms with Crippen LogP contribution in [0.5, 0.6) is 5.75 Å². The smallest absolute Gasteiger partial charge is 0.230 e. The zero-order valence-corrected chi connectivity index (χ0v) is 13.2. The van der Waals surface area contributed by atoms with Crippen LogP contribution in [0.15, 0.2) is 59.9 Å². The van der Waals surface area contributed by atoms with Gasteiger partial charge in [0.2, 0.25) is 5.91 Å². The van der Waals surface area contributed by atoms with Gasteiger partial charge in [-0.2, -0.15) is 0 Å². The average Bonchev–Trinajstić information content (AvgIpc) is 3.01. The van der Waals surface area contributed by atoms with Gasteiger partial charge in [-0.25, -0.2) is 0 Å². The Balaban J connectivity index is 1.40. The minimum atomic E-state index is -0.0562. The number of benzene rings is 1. The first kappa shape index (κ1) is 15.4. The van der Waals surface area contributed by atoms with Gasteiger partial charge in [0, 0.05) is 6.20 Å². The highest BCUT2D eigenvalue weighted by Gasteiger charge is 2.08. The van der Waals surface area contributed by atoms with Crippen LogP contribution in [-0.4, -0.2) is 39.4 Å². The molecule has 1 aromatic carbocycles. The zero-order chi connectivity index (χ0) is 15.9. The number of para-hydroxylation sites is 1. The Morgan fingerprint density at radius 2 is 1.96 bits per heavy atom. The Morgan fingerprint density at radius 1 is 1.13 bits per heavy atom. The molecule has 0 atom stereocenters. The molecule has 0 saturated carbocycles. The quantitative estimate of drug-likeness (QED) is 0.531. The van der Waals surface area contributed by atoms with Crippen molar-refractivity contribution in [3.05, 3.63) is 54.7 Å². The van der Waals surface area contributed by atoms with Gasteiger partial charge >= 0.3 is 0 Å². The molecule has 1 N–H and O–H groups in total. The number of amides is 1. The number of ether oxygens (including phenoxy) is 1. The molecular weight excluding hydrogens is 312 g/mol. The predicted octanol–water partition coefficient (Wildman–Crippen LogP) is 2.02. The molecule has 1 amide bonds. The van der Waals surface area contributed by atoms with Crippen molar-refractivity contribution in [2.45, 2.75) is 5.16 Å². The summed E-state index contributed by atoms with van der Waals surface area (Å²) >= 11 is 1.36. The monoisotopic (exact) mass is 328 g/mol. The molecule has 0 bridgehead atoms. The van der Waals surface area contributed by atoms with Crippen molar-refractivity contribution in [1.29, 1.82) is 0 Å². The van der Waals surface area contributed by atoms with Crippen LogP contribution in [0.4, 0.5) is 0 Å². The zero-order valence-electron chi connectivity index (χ0n) is 12.4. The number of hydrogen-bond donors (Lipinski definition) is 1. The lowest BCUT2D eigenvalue weighted by Crippen LogP contribution is -2.29. The van der Waals surface area contributed by atoms with Crippen LogP contribution in [0.2, 0.25) is 0 Å². The molecule has 0 saturated heterocycles. The molecule has 0 unspecified atom stereocenters. The maximum absolute atomic E-state index is 11.8. The summed E-state index contributed by atoms with van der Waals surface area (Å²) in [5.41, 5.74) is 0.770. The topological polar surface area (TPSA) is 68.5 Å². The van der Waals surface area contributed by atoms with Gasteiger partial charge in [-0.15, -0.1) is 10.2 Å². The van der Waals surface area contributed by atoms with Crippen molar-refractivity contribution in [3.63, 3.8) is 0 Å². The van der Waals surface area contributed by atoms with Crippen LogP contribution in [0.3, 0.4) is 0 Å². The van der Waals surface area contributed by atoms with Crippen molar-refractivity contribution < 1.29 is 9.53 Å². The standard InChI is InChI=1S/C16H16N4O2S/c21-15(17-9-11-22-13-6-2-1-3-7-13)12-23-16-19-18-14-8-4-5-10-20(14)16/h1-8,10H,9,11-12H2,(H,17,21). The summed E-state index contributed by atoms with van der Waals surface area (Å²) < 4.78 is 7.37. The first-order valence-electron chi connectivity index (χ1n) is 7.20. The molecular formula is C16H16N4O2S. The summed E-state index contributed by atoms with van der Waals surface area (Å²) in [5, 5.41) is 11.6. The molecule has 0 aliphatic rings. The van der Waals surface area contributed by atoms with E-state index in [9.17, 15) is 4.79 Å². The van der Waals surface area contributed by atoms with E-state index < -0.39 is 0 Å². The largest absolute Gasteiger partial charge is 0.492 e. The van der Waals surface area contributed by atoms with Crippen LogP contribution in [0.25, 0.3) is 5.65 Å². The lowest BCUT2D eigenvalue weighted by Gasteiger charge is -2.07. The lowest BCUT2D eigenvalue weighted by molar-refractivity contribution is -0.118. The molecule has 0 fully saturated rings. The highest BCUT2D eigenvalue weighted by Crippen LogP contribution is 2.16. The maximum Gasteiger partial charge on any atom is 0.230 e. The molecule has 7 heteroatoms. The number of pyridine rings is 1. The third-order valence-corrected chi connectivity index (χ3v) is 3.99. The van der Waals surface area contributed by atoms with Gasteiger partial charge in [0.05, 0.1) is 12.3 Å². The normalized spacial score (nSPS) is 10.6. The first-order valence-corrected chi connectivity index (χ1v) is 8.18. The van der Waals surface area contributed by atoms with E-state index in [2.05, 4.69) is 15.5 Å². The summed E-state index contributed by atoms with van der Waals surface area (Å²) in [5.74, 6) is 1.03. The van der Waals surface area contributed by atoms with Gasteiger partial charge in [0.25, 0.3) is 0 Å². The molecule has 2 aromatic heterocycles. The first-order chi connectivity index (χ1) is 11.3. The van der Waals surface area contributed by atoms with E-state index in [0.717, 1.165) is 11.4 Å². The van der Waals surface area contributed by atoms with E-state index in [4.69, 9.17) is 4.74 Å². The minimum absolute atomic E-state index is 0.0562. The second-order valence-electron chi connectivity index (χ2n) is 4.71. The maximum atomic E-state index is 11.8. The van der Waals surface area contributed by atoms with Crippen LogP contribution < -0.4 is 10.1 Å². The van der Waals surface area contributed by atoms with Crippen LogP contribution in [0.1, 0.15) is 0 Å². The van der Waals surface area contributed by atoms with E-state index >= 15 is 0 Å². The van der Waals surface area contributed by atoms with E-state index in [1.165, 1.54) is 11.8 Å². The van der Waals surface area contributed by atoms with Crippen LogP contribution >= 0.6 is 11.8 Å². The Kier molecular flexibility index (Phi) is 5.10. The number of carbonyl (C=O) groups is 1. The van der Waals surface area contributed by atoms with Gasteiger partial charge in [-0.3, -0.25) is 9.20 Å². The highest BCUT2D eigenvalue weighted by molar-refractivity contribution is 7.99. The summed E-state index contributed by atoms with van der Waals surface area (Å²) in [7, 11) is 0. The predicted molar refractivity (Wildman–Crippen MR) is 88.7 cm³/mol. The fourth-order valence-corrected chi connectivity index (χ4v) is 2.73. The molecule has 3 aromatic rings. The van der Waals surface area contributed by atoms with Crippen molar-refractivity contribution in [2.75, 3.05) is 18.9 Å². The molecule has 118 valence electrons. The summed E-state index contributed by atoms with van der Waals surface area (Å²) in [6.07, 6.45) is 1.88. The molecule has 0 aliphatic heterocycles. The number of aromatic nitrogens is 3. The van der Waals surface area contributed by atoms with E-state index in [1.807, 2.05) is 59.1 Å². The van der Waals surface area contributed by atoms with Gasteiger partial charge in [-0.05, 0) is 24.3 Å². The van der Waals surface area contributed by atoms with Crippen molar-refractivity contribution in [1.82, 2.24) is 19.9 Å². The Hall–Kier alpha value is -2.54. The van der Waals surface area contributed by atoms with Gasteiger partial charge in [0.1, 0.15) is 12.4 Å². The molecule has 6 nitrogen and oxygen atoms in total. The Bertz CT molecular complexity index is 776. The number of thioether (sulfide) groups is 1. The summed E-state index contributed by atoms with van der Waals surface area (Å²) in [4.78, 5) is 11.8. The number of nitrogens with one attached hydrogen (secondary N) is 1. The highest BCUT2D eigenvalue weighted by atomic mass is 32.2. The lowest BCUT2D eigenvalue weighted by atomic mass is 10.3. The molecule has 3 rings (SSSR count). The number of hydrogen-bond acceptors (Lipinski definition) is 5. The minimum Gasteiger partial charge on any atom is -0.492 e. The molecule has 0 radical (unpaired) electrons. The molecule has 0 aliphatic carbocycles. The van der Waals surface area contributed by atoms with E-state index in [1.54, 1.807) is 0 Å². The number of fused-ring (bicyclic) bond motifs is 1. The molecule has 23 heavy (non-hydrogen) atoms. The van der Waals surface area contributed by atoms with E-state index in [0.29, 0.717) is 24.1 Å². The fraction of sp³-hybridized carbons (Fsp3) is 0.188. The van der Waals surface area contributed by atoms with Gasteiger partial charge < -0.3 is 10.1 Å². The number of carbonyl (C=O) groups excluding carboxylic acids is 1. The van der Waals surface area contributed by atoms with Crippen molar-refractivity contribution in [3.8, 4) is 5.75 Å². The van der Waals surface area contributed by atoms with Crippen LogP contribution in [0, 0.1) is 0 Å². The van der Waals surface area contributed by atoms with E-state index in [-0.39, 0.29) is 5.91 Å². The van der Waals surface area contributed by atoms with Gasteiger partial charge in [0.15, 0.2) is 10.8 Å². The number of rotatable bonds is 7. The second-order valence-corrected chi connectivity index (χ2v) is 5.65. The Morgan fingerprint density at radius 3 is 2.83 bits per heavy atom. The van der Waals surface area contributed by atoms with Gasteiger partial charge in [-0.1, -0.05) is 36.0 Å². The Labute approximate surface area is 137 Å².